The molecule has 2 aromatic heterocycles. The molecule has 136 valence electrons. The zero-order valence-electron chi connectivity index (χ0n) is 14.8. The molecular formula is C19H20FN3O2S. The Hall–Kier alpha value is -2.09. The highest BCUT2D eigenvalue weighted by Gasteiger charge is 2.19. The van der Waals surface area contributed by atoms with Crippen LogP contribution < -0.4 is 4.74 Å². The van der Waals surface area contributed by atoms with E-state index >= 15 is 0 Å². The van der Waals surface area contributed by atoms with Crippen LogP contribution in [0.4, 0.5) is 4.39 Å². The Bertz CT molecular complexity index is 938. The van der Waals surface area contributed by atoms with Gasteiger partial charge in [0.1, 0.15) is 22.2 Å². The molecule has 1 aliphatic rings. The minimum atomic E-state index is -0.334. The Morgan fingerprint density at radius 2 is 2.04 bits per heavy atom. The standard InChI is InChI=1S/C19H20FN3O2S/c1-12-13(2)26-19-17(12)18(25-15-5-3-4-14(20)10-15)21-16(22-19)11-23-6-8-24-9-7-23/h3-5,10H,6-9,11H2,1-2H3. The summed E-state index contributed by atoms with van der Waals surface area (Å²) in [7, 11) is 0. The van der Waals surface area contributed by atoms with Gasteiger partial charge in [0.2, 0.25) is 5.88 Å². The summed E-state index contributed by atoms with van der Waals surface area (Å²) in [6, 6.07) is 6.12. The number of halogens is 1. The molecular weight excluding hydrogens is 353 g/mol. The molecule has 0 aliphatic carbocycles. The van der Waals surface area contributed by atoms with Crippen LogP contribution in [0.25, 0.3) is 10.2 Å². The van der Waals surface area contributed by atoms with Crippen molar-refractivity contribution < 1.29 is 13.9 Å². The first kappa shape index (κ1) is 17.3. The van der Waals surface area contributed by atoms with Gasteiger partial charge in [-0.2, -0.15) is 4.98 Å². The number of aryl methyl sites for hydroxylation is 2. The second-order valence-corrected chi connectivity index (χ2v) is 7.56. The number of aromatic nitrogens is 2. The van der Waals surface area contributed by atoms with Crippen LogP contribution in [0.15, 0.2) is 24.3 Å². The SMILES string of the molecule is Cc1sc2nc(CN3CCOCC3)nc(Oc3cccc(F)c3)c2c1C. The molecule has 0 amide bonds. The minimum absolute atomic E-state index is 0.334. The van der Waals surface area contributed by atoms with Crippen LogP contribution in [0.1, 0.15) is 16.3 Å². The number of ether oxygens (including phenoxy) is 2. The summed E-state index contributed by atoms with van der Waals surface area (Å²) in [5.74, 6) is 1.31. The number of benzene rings is 1. The van der Waals surface area contributed by atoms with Gasteiger partial charge in [-0.25, -0.2) is 9.37 Å². The maximum Gasteiger partial charge on any atom is 0.231 e. The monoisotopic (exact) mass is 373 g/mol. The van der Waals surface area contributed by atoms with Gasteiger partial charge >= 0.3 is 0 Å². The van der Waals surface area contributed by atoms with Crippen molar-refractivity contribution in [3.8, 4) is 11.6 Å². The number of morpholine rings is 1. The molecule has 0 atom stereocenters. The predicted molar refractivity (Wildman–Crippen MR) is 99.5 cm³/mol. The molecule has 0 saturated carbocycles. The molecule has 1 aromatic carbocycles. The Morgan fingerprint density at radius 1 is 1.23 bits per heavy atom. The van der Waals surface area contributed by atoms with Gasteiger partial charge in [-0.15, -0.1) is 11.3 Å². The van der Waals surface area contributed by atoms with Crippen LogP contribution in [-0.4, -0.2) is 41.2 Å². The molecule has 26 heavy (non-hydrogen) atoms. The Kier molecular flexibility index (Phi) is 4.84. The Labute approximate surface area is 155 Å². The smallest absolute Gasteiger partial charge is 0.231 e. The lowest BCUT2D eigenvalue weighted by Crippen LogP contribution is -2.36. The lowest BCUT2D eigenvalue weighted by Gasteiger charge is -2.25. The molecule has 0 radical (unpaired) electrons. The summed E-state index contributed by atoms with van der Waals surface area (Å²) in [6.07, 6.45) is 0. The van der Waals surface area contributed by atoms with Gasteiger partial charge in [-0.3, -0.25) is 4.90 Å². The van der Waals surface area contributed by atoms with Gasteiger partial charge in [0.25, 0.3) is 0 Å². The molecule has 1 saturated heterocycles. The van der Waals surface area contributed by atoms with E-state index < -0.39 is 0 Å². The summed E-state index contributed by atoms with van der Waals surface area (Å²) >= 11 is 1.63. The topological polar surface area (TPSA) is 47.5 Å². The third-order valence-corrected chi connectivity index (χ3v) is 5.62. The highest BCUT2D eigenvalue weighted by atomic mass is 32.1. The number of fused-ring (bicyclic) bond motifs is 1. The molecule has 5 nitrogen and oxygen atoms in total. The van der Waals surface area contributed by atoms with Crippen LogP contribution in [0.3, 0.4) is 0 Å². The largest absolute Gasteiger partial charge is 0.438 e. The normalized spacial score (nSPS) is 15.5. The molecule has 3 heterocycles. The lowest BCUT2D eigenvalue weighted by atomic mass is 10.2. The van der Waals surface area contributed by atoms with Crippen molar-refractivity contribution in [2.24, 2.45) is 0 Å². The van der Waals surface area contributed by atoms with Crippen LogP contribution >= 0.6 is 11.3 Å². The summed E-state index contributed by atoms with van der Waals surface area (Å²) in [5.41, 5.74) is 1.11. The van der Waals surface area contributed by atoms with E-state index in [0.29, 0.717) is 24.0 Å². The number of thiophene rings is 1. The van der Waals surface area contributed by atoms with Crippen molar-refractivity contribution >= 4 is 21.6 Å². The second-order valence-electron chi connectivity index (χ2n) is 6.36. The zero-order chi connectivity index (χ0) is 18.1. The van der Waals surface area contributed by atoms with Gasteiger partial charge in [0, 0.05) is 24.0 Å². The number of rotatable bonds is 4. The predicted octanol–water partition coefficient (Wildman–Crippen LogP) is 4.07. The van der Waals surface area contributed by atoms with E-state index in [0.717, 1.165) is 42.1 Å². The van der Waals surface area contributed by atoms with Gasteiger partial charge in [0.05, 0.1) is 25.1 Å². The average Bonchev–Trinajstić information content (AvgIpc) is 2.90. The molecule has 0 spiro atoms. The van der Waals surface area contributed by atoms with Crippen molar-refractivity contribution in [2.45, 2.75) is 20.4 Å². The average molecular weight is 373 g/mol. The van der Waals surface area contributed by atoms with E-state index in [1.54, 1.807) is 23.5 Å². The fourth-order valence-electron chi connectivity index (χ4n) is 3.00. The lowest BCUT2D eigenvalue weighted by molar-refractivity contribution is 0.0330. The summed E-state index contributed by atoms with van der Waals surface area (Å²) < 4.78 is 24.9. The molecule has 3 aromatic rings. The molecule has 7 heteroatoms. The van der Waals surface area contributed by atoms with Crippen molar-refractivity contribution in [2.75, 3.05) is 26.3 Å². The van der Waals surface area contributed by atoms with Gasteiger partial charge in [-0.05, 0) is 31.5 Å². The van der Waals surface area contributed by atoms with Crippen molar-refractivity contribution in [3.05, 3.63) is 46.3 Å². The van der Waals surface area contributed by atoms with Gasteiger partial charge in [0.15, 0.2) is 0 Å². The maximum absolute atomic E-state index is 13.5. The van der Waals surface area contributed by atoms with Gasteiger partial charge in [-0.1, -0.05) is 6.07 Å². The molecule has 1 fully saturated rings. The van der Waals surface area contributed by atoms with Gasteiger partial charge < -0.3 is 9.47 Å². The quantitative estimate of drug-likeness (QED) is 0.690. The van der Waals surface area contributed by atoms with Crippen molar-refractivity contribution in [1.82, 2.24) is 14.9 Å². The van der Waals surface area contributed by atoms with E-state index in [9.17, 15) is 4.39 Å². The van der Waals surface area contributed by atoms with Crippen LogP contribution in [0.5, 0.6) is 11.6 Å². The molecule has 1 aliphatic heterocycles. The highest BCUT2D eigenvalue weighted by molar-refractivity contribution is 7.18. The summed E-state index contributed by atoms with van der Waals surface area (Å²) in [5, 5.41) is 0.905. The highest BCUT2D eigenvalue weighted by Crippen LogP contribution is 2.36. The van der Waals surface area contributed by atoms with E-state index in [1.807, 2.05) is 6.92 Å². The maximum atomic E-state index is 13.5. The minimum Gasteiger partial charge on any atom is -0.438 e. The number of hydrogen-bond donors (Lipinski definition) is 0. The van der Waals surface area contributed by atoms with E-state index in [-0.39, 0.29) is 5.82 Å². The molecule has 0 N–H and O–H groups in total. The fourth-order valence-corrected chi connectivity index (χ4v) is 4.04. The van der Waals surface area contributed by atoms with Crippen LogP contribution in [0, 0.1) is 19.7 Å². The third-order valence-electron chi connectivity index (χ3n) is 4.52. The first-order valence-electron chi connectivity index (χ1n) is 8.60. The van der Waals surface area contributed by atoms with Crippen LogP contribution in [0.2, 0.25) is 0 Å². The molecule has 0 unspecified atom stereocenters. The molecule has 0 bridgehead atoms. The summed E-state index contributed by atoms with van der Waals surface area (Å²) in [6.45, 7) is 7.94. The van der Waals surface area contributed by atoms with E-state index in [2.05, 4.69) is 16.8 Å². The van der Waals surface area contributed by atoms with Crippen molar-refractivity contribution in [3.63, 3.8) is 0 Å². The second kappa shape index (κ2) is 7.26. The van der Waals surface area contributed by atoms with Crippen molar-refractivity contribution in [1.29, 1.82) is 0 Å². The number of nitrogens with zero attached hydrogens (tertiary/aromatic N) is 3. The fraction of sp³-hybridized carbons (Fsp3) is 0.368. The Morgan fingerprint density at radius 3 is 2.81 bits per heavy atom. The number of hydrogen-bond acceptors (Lipinski definition) is 6. The summed E-state index contributed by atoms with van der Waals surface area (Å²) in [4.78, 5) is 13.8. The molecule has 4 rings (SSSR count). The first-order chi connectivity index (χ1) is 12.6. The zero-order valence-corrected chi connectivity index (χ0v) is 15.6. The van der Waals surface area contributed by atoms with E-state index in [1.165, 1.54) is 17.0 Å². The van der Waals surface area contributed by atoms with Crippen LogP contribution in [-0.2, 0) is 11.3 Å². The third kappa shape index (κ3) is 3.56. The first-order valence-corrected chi connectivity index (χ1v) is 9.42. The Balaban J connectivity index is 1.72. The van der Waals surface area contributed by atoms with E-state index in [4.69, 9.17) is 14.5 Å².